The highest BCUT2D eigenvalue weighted by Crippen LogP contribution is 2.24. The Balaban J connectivity index is 1.92. The summed E-state index contributed by atoms with van der Waals surface area (Å²) in [6, 6.07) is 6.84. The van der Waals surface area contributed by atoms with Crippen molar-refractivity contribution in [3.05, 3.63) is 29.8 Å². The van der Waals surface area contributed by atoms with E-state index in [0.717, 1.165) is 19.3 Å². The molecule has 6 heteroatoms. The summed E-state index contributed by atoms with van der Waals surface area (Å²) in [5, 5.41) is 0. The molecule has 1 aliphatic heterocycles. The zero-order valence-electron chi connectivity index (χ0n) is 16.7. The van der Waals surface area contributed by atoms with Crippen LogP contribution < -0.4 is 4.74 Å². The summed E-state index contributed by atoms with van der Waals surface area (Å²) >= 11 is 0. The number of esters is 1. The van der Waals surface area contributed by atoms with E-state index in [1.807, 2.05) is 18.7 Å². The lowest BCUT2D eigenvalue weighted by Gasteiger charge is -2.40. The number of benzene rings is 1. The second kappa shape index (κ2) is 9.02. The number of carbonyl (C=O) groups excluding carboxylic acids is 3. The van der Waals surface area contributed by atoms with Gasteiger partial charge in [0.2, 0.25) is 0 Å². The van der Waals surface area contributed by atoms with Gasteiger partial charge in [-0.1, -0.05) is 0 Å². The van der Waals surface area contributed by atoms with E-state index < -0.39 is 18.2 Å². The number of ether oxygens (including phenoxy) is 2. The van der Waals surface area contributed by atoms with Crippen LogP contribution in [0.2, 0.25) is 0 Å². The van der Waals surface area contributed by atoms with Crippen molar-refractivity contribution in [3.63, 3.8) is 0 Å². The highest BCUT2D eigenvalue weighted by molar-refractivity contribution is 5.94. The molecule has 2 rings (SSSR count). The fourth-order valence-electron chi connectivity index (χ4n) is 3.41. The molecular weight excluding hydrogens is 346 g/mol. The Morgan fingerprint density at radius 2 is 1.56 bits per heavy atom. The number of hydrogen-bond donors (Lipinski definition) is 0. The van der Waals surface area contributed by atoms with Crippen LogP contribution in [0, 0.1) is 0 Å². The van der Waals surface area contributed by atoms with E-state index in [9.17, 15) is 14.4 Å². The minimum atomic E-state index is -0.861. The summed E-state index contributed by atoms with van der Waals surface area (Å²) in [6.07, 6.45) is 1.32. The van der Waals surface area contributed by atoms with Gasteiger partial charge in [0.1, 0.15) is 5.75 Å². The molecule has 6 nitrogen and oxygen atoms in total. The number of likely N-dealkylation sites (tertiary alicyclic amines) is 1. The monoisotopic (exact) mass is 375 g/mol. The van der Waals surface area contributed by atoms with Crippen molar-refractivity contribution >= 4 is 17.7 Å². The third-order valence-electron chi connectivity index (χ3n) is 4.99. The molecule has 0 spiro atoms. The fraction of sp³-hybridized carbons (Fsp3) is 0.571. The first-order valence-electron chi connectivity index (χ1n) is 9.51. The molecule has 1 aliphatic rings. The number of rotatable bonds is 6. The number of piperidine rings is 1. The summed E-state index contributed by atoms with van der Waals surface area (Å²) in [5.74, 6) is -0.339. The molecule has 0 aromatic heterocycles. The number of amides is 1. The molecule has 1 aromatic rings. The van der Waals surface area contributed by atoms with E-state index in [0.29, 0.717) is 11.3 Å². The van der Waals surface area contributed by atoms with Crippen LogP contribution in [-0.2, 0) is 14.3 Å². The molecule has 0 unspecified atom stereocenters. The number of nitrogens with zero attached hydrogens (tertiary/aromatic N) is 1. The lowest BCUT2D eigenvalue weighted by molar-refractivity contribution is -0.166. The molecule has 0 N–H and O–H groups in total. The predicted molar refractivity (Wildman–Crippen MR) is 102 cm³/mol. The van der Waals surface area contributed by atoms with E-state index in [4.69, 9.17) is 9.47 Å². The van der Waals surface area contributed by atoms with Crippen molar-refractivity contribution in [1.29, 1.82) is 0 Å². The van der Waals surface area contributed by atoms with Gasteiger partial charge in [0.25, 0.3) is 5.91 Å². The zero-order valence-corrected chi connectivity index (χ0v) is 16.7. The van der Waals surface area contributed by atoms with Gasteiger partial charge in [-0.3, -0.25) is 9.59 Å². The molecule has 1 amide bonds. The quantitative estimate of drug-likeness (QED) is 0.563. The second-order valence-corrected chi connectivity index (χ2v) is 7.29. The van der Waals surface area contributed by atoms with E-state index in [1.165, 1.54) is 6.92 Å². The Labute approximate surface area is 160 Å². The van der Waals surface area contributed by atoms with Crippen LogP contribution in [0.15, 0.2) is 24.3 Å². The van der Waals surface area contributed by atoms with Crippen LogP contribution in [0.5, 0.6) is 5.75 Å². The Kier molecular flexibility index (Phi) is 6.99. The summed E-state index contributed by atoms with van der Waals surface area (Å²) in [4.78, 5) is 38.1. The molecule has 0 saturated carbocycles. The van der Waals surface area contributed by atoms with Gasteiger partial charge in [0.05, 0.1) is 0 Å². The topological polar surface area (TPSA) is 72.9 Å². The van der Waals surface area contributed by atoms with Gasteiger partial charge in [0, 0.05) is 17.6 Å². The zero-order chi connectivity index (χ0) is 20.1. The van der Waals surface area contributed by atoms with Crippen molar-refractivity contribution in [2.75, 3.05) is 0 Å². The minimum Gasteiger partial charge on any atom is -0.479 e. The van der Waals surface area contributed by atoms with Crippen molar-refractivity contribution in [2.24, 2.45) is 0 Å². The Bertz CT molecular complexity index is 674. The van der Waals surface area contributed by atoms with Crippen LogP contribution >= 0.6 is 0 Å². The van der Waals surface area contributed by atoms with Crippen LogP contribution in [-0.4, -0.2) is 46.9 Å². The Morgan fingerprint density at radius 1 is 1.00 bits per heavy atom. The number of ketones is 1. The van der Waals surface area contributed by atoms with Crippen molar-refractivity contribution in [1.82, 2.24) is 4.90 Å². The van der Waals surface area contributed by atoms with Crippen molar-refractivity contribution in [2.45, 2.75) is 78.2 Å². The molecule has 27 heavy (non-hydrogen) atoms. The predicted octanol–water partition coefficient (Wildman–Crippen LogP) is 3.38. The molecule has 1 heterocycles. The molecular formula is C21H29NO5. The van der Waals surface area contributed by atoms with Gasteiger partial charge in [-0.2, -0.15) is 0 Å². The maximum atomic E-state index is 12.7. The summed E-state index contributed by atoms with van der Waals surface area (Å²) in [5.41, 5.74) is 0.571. The van der Waals surface area contributed by atoms with Crippen LogP contribution in [0.25, 0.3) is 0 Å². The maximum Gasteiger partial charge on any atom is 0.347 e. The van der Waals surface area contributed by atoms with E-state index in [1.54, 1.807) is 38.1 Å². The third kappa shape index (κ3) is 5.31. The maximum absolute atomic E-state index is 12.7. The van der Waals surface area contributed by atoms with Gasteiger partial charge >= 0.3 is 5.97 Å². The highest BCUT2D eigenvalue weighted by atomic mass is 16.6. The lowest BCUT2D eigenvalue weighted by atomic mass is 9.97. The third-order valence-corrected chi connectivity index (χ3v) is 4.99. The minimum absolute atomic E-state index is 0.0393. The number of carbonyl (C=O) groups is 3. The Morgan fingerprint density at radius 3 is 2.07 bits per heavy atom. The van der Waals surface area contributed by atoms with Crippen molar-refractivity contribution < 1.29 is 23.9 Å². The van der Waals surface area contributed by atoms with Crippen LogP contribution in [0.1, 0.15) is 64.2 Å². The average Bonchev–Trinajstić information content (AvgIpc) is 2.61. The SMILES string of the molecule is CC(=O)c1ccc(O[C@H](C)C(=O)O[C@H](C)C(=O)N2[C@H](C)CCC[C@@H]2C)cc1. The van der Waals surface area contributed by atoms with E-state index >= 15 is 0 Å². The average molecular weight is 375 g/mol. The van der Waals surface area contributed by atoms with Gasteiger partial charge in [-0.05, 0) is 78.1 Å². The Hall–Kier alpha value is -2.37. The second-order valence-electron chi connectivity index (χ2n) is 7.29. The van der Waals surface area contributed by atoms with Crippen molar-refractivity contribution in [3.8, 4) is 5.75 Å². The normalized spacial score (nSPS) is 21.9. The molecule has 1 saturated heterocycles. The van der Waals surface area contributed by atoms with Gasteiger partial charge < -0.3 is 14.4 Å². The summed E-state index contributed by atoms with van der Waals surface area (Å²) < 4.78 is 10.9. The number of Topliss-reactive ketones (excluding diaryl/α,β-unsaturated/α-hetero) is 1. The van der Waals surface area contributed by atoms with E-state index in [-0.39, 0.29) is 23.8 Å². The molecule has 0 aliphatic carbocycles. The first kappa shape index (κ1) is 20.9. The van der Waals surface area contributed by atoms with Gasteiger partial charge in [-0.25, -0.2) is 4.79 Å². The highest BCUT2D eigenvalue weighted by Gasteiger charge is 2.34. The molecule has 1 aromatic carbocycles. The summed E-state index contributed by atoms with van der Waals surface area (Å²) in [6.45, 7) is 8.71. The first-order valence-corrected chi connectivity index (χ1v) is 9.51. The fourth-order valence-corrected chi connectivity index (χ4v) is 3.41. The molecule has 4 atom stereocenters. The standard InChI is InChI=1S/C21H29NO5/c1-13-7-6-8-14(2)22(13)20(24)16(4)27-21(25)17(5)26-19-11-9-18(10-12-19)15(3)23/h9-14,16-17H,6-8H2,1-5H3/t13-,14+,16-,17-/m1/s1. The van der Waals surface area contributed by atoms with Crippen LogP contribution in [0.3, 0.4) is 0 Å². The summed E-state index contributed by atoms with van der Waals surface area (Å²) in [7, 11) is 0. The molecule has 1 fully saturated rings. The van der Waals surface area contributed by atoms with Gasteiger partial charge in [0.15, 0.2) is 18.0 Å². The van der Waals surface area contributed by atoms with Gasteiger partial charge in [-0.15, -0.1) is 0 Å². The smallest absolute Gasteiger partial charge is 0.347 e. The largest absolute Gasteiger partial charge is 0.479 e. The first-order chi connectivity index (χ1) is 12.7. The molecule has 0 bridgehead atoms. The lowest BCUT2D eigenvalue weighted by Crippen LogP contribution is -2.52. The molecule has 148 valence electrons. The van der Waals surface area contributed by atoms with E-state index in [2.05, 4.69) is 0 Å². The molecule has 0 radical (unpaired) electrons. The number of hydrogen-bond acceptors (Lipinski definition) is 5. The van der Waals surface area contributed by atoms with Crippen LogP contribution in [0.4, 0.5) is 0 Å².